The van der Waals surface area contributed by atoms with Crippen molar-refractivity contribution in [2.75, 3.05) is 6.54 Å². The lowest BCUT2D eigenvalue weighted by Gasteiger charge is -2.03. The quantitative estimate of drug-likeness (QED) is 0.483. The molecular weight excluding hydrogens is 421 g/mol. The standard InChI is InChI=1S/C17H18N4OS.C2HF3O2/c22-17(15-12-14(20-21-15)16-5-3-11-23-16)19-8-2-1-4-13-6-9-18-10-7-13;3-2(4,5)1(6)7/h3,5-7,9-12H,1-2,4,8H2,(H,19,22)(H,20,21);(H,6,7). The van der Waals surface area contributed by atoms with Crippen molar-refractivity contribution >= 4 is 23.2 Å². The number of halogens is 3. The van der Waals surface area contributed by atoms with Crippen LogP contribution in [0.5, 0.6) is 0 Å². The van der Waals surface area contributed by atoms with E-state index >= 15 is 0 Å². The monoisotopic (exact) mass is 440 g/mol. The smallest absolute Gasteiger partial charge is 0.475 e. The van der Waals surface area contributed by atoms with Crippen LogP contribution < -0.4 is 5.32 Å². The summed E-state index contributed by atoms with van der Waals surface area (Å²) >= 11 is 1.62. The number of aromatic amines is 1. The van der Waals surface area contributed by atoms with Gasteiger partial charge in [0.15, 0.2) is 5.69 Å². The average Bonchev–Trinajstić information content (AvgIpc) is 3.40. The van der Waals surface area contributed by atoms with Crippen molar-refractivity contribution < 1.29 is 27.9 Å². The number of alkyl halides is 3. The normalized spacial score (nSPS) is 10.8. The lowest BCUT2D eigenvalue weighted by molar-refractivity contribution is -0.192. The van der Waals surface area contributed by atoms with Gasteiger partial charge in [0.2, 0.25) is 0 Å². The molecule has 3 aromatic heterocycles. The maximum Gasteiger partial charge on any atom is 0.490 e. The summed E-state index contributed by atoms with van der Waals surface area (Å²) in [5, 5.41) is 19.0. The number of aromatic nitrogens is 3. The van der Waals surface area contributed by atoms with Gasteiger partial charge in [0.05, 0.1) is 10.6 Å². The molecule has 160 valence electrons. The predicted octanol–water partition coefficient (Wildman–Crippen LogP) is 3.92. The van der Waals surface area contributed by atoms with Crippen LogP contribution in [0, 0.1) is 0 Å². The Hall–Kier alpha value is -3.21. The highest BCUT2D eigenvalue weighted by atomic mass is 32.1. The molecule has 0 aliphatic rings. The number of carbonyl (C=O) groups excluding carboxylic acids is 1. The van der Waals surface area contributed by atoms with E-state index in [0.29, 0.717) is 12.2 Å². The van der Waals surface area contributed by atoms with Crippen LogP contribution in [0.1, 0.15) is 28.9 Å². The maximum atomic E-state index is 12.1. The van der Waals surface area contributed by atoms with Gasteiger partial charge in [-0.1, -0.05) is 6.07 Å². The molecule has 0 aliphatic carbocycles. The van der Waals surface area contributed by atoms with Gasteiger partial charge >= 0.3 is 12.1 Å². The van der Waals surface area contributed by atoms with Crippen molar-refractivity contribution in [3.05, 3.63) is 59.4 Å². The largest absolute Gasteiger partial charge is 0.490 e. The molecule has 0 fully saturated rings. The minimum Gasteiger partial charge on any atom is -0.475 e. The molecule has 7 nitrogen and oxygen atoms in total. The average molecular weight is 440 g/mol. The first-order valence-electron chi connectivity index (χ1n) is 8.84. The number of pyridine rings is 1. The fourth-order valence-corrected chi connectivity index (χ4v) is 2.98. The van der Waals surface area contributed by atoms with E-state index in [4.69, 9.17) is 9.90 Å². The fraction of sp³-hybridized carbons (Fsp3) is 0.263. The Balaban J connectivity index is 0.000000396. The Morgan fingerprint density at radius 3 is 2.47 bits per heavy atom. The Bertz CT molecular complexity index is 928. The van der Waals surface area contributed by atoms with E-state index in [-0.39, 0.29) is 5.91 Å². The number of aryl methyl sites for hydroxylation is 1. The van der Waals surface area contributed by atoms with Crippen LogP contribution in [-0.4, -0.2) is 44.9 Å². The van der Waals surface area contributed by atoms with Crippen molar-refractivity contribution in [1.29, 1.82) is 0 Å². The van der Waals surface area contributed by atoms with Gasteiger partial charge < -0.3 is 10.4 Å². The Kier molecular flexibility index (Phi) is 8.54. The second-order valence-electron chi connectivity index (χ2n) is 6.02. The number of H-pyrrole nitrogens is 1. The summed E-state index contributed by atoms with van der Waals surface area (Å²) in [4.78, 5) is 26.0. The van der Waals surface area contributed by atoms with Crippen molar-refractivity contribution in [2.24, 2.45) is 0 Å². The molecule has 0 saturated carbocycles. The van der Waals surface area contributed by atoms with E-state index in [1.165, 1.54) is 5.56 Å². The van der Waals surface area contributed by atoms with Gasteiger partial charge in [-0.05, 0) is 54.5 Å². The van der Waals surface area contributed by atoms with Crippen LogP contribution in [0.3, 0.4) is 0 Å². The summed E-state index contributed by atoms with van der Waals surface area (Å²) in [6.07, 6.45) is 1.50. The predicted molar refractivity (Wildman–Crippen MR) is 105 cm³/mol. The van der Waals surface area contributed by atoms with E-state index in [0.717, 1.165) is 29.8 Å². The summed E-state index contributed by atoms with van der Waals surface area (Å²) < 4.78 is 31.7. The number of thiophene rings is 1. The van der Waals surface area contributed by atoms with E-state index in [1.807, 2.05) is 29.6 Å². The van der Waals surface area contributed by atoms with E-state index in [2.05, 4.69) is 20.5 Å². The number of carbonyl (C=O) groups is 2. The van der Waals surface area contributed by atoms with Gasteiger partial charge in [-0.25, -0.2) is 4.79 Å². The molecule has 3 heterocycles. The van der Waals surface area contributed by atoms with Gasteiger partial charge in [0.25, 0.3) is 5.91 Å². The first kappa shape index (κ1) is 23.1. The van der Waals surface area contributed by atoms with Crippen molar-refractivity contribution in [2.45, 2.75) is 25.4 Å². The number of amides is 1. The van der Waals surface area contributed by atoms with Crippen LogP contribution >= 0.6 is 11.3 Å². The molecule has 0 bridgehead atoms. The number of nitrogens with zero attached hydrogens (tertiary/aromatic N) is 2. The molecule has 3 N–H and O–H groups in total. The molecule has 0 aliphatic heterocycles. The highest BCUT2D eigenvalue weighted by Gasteiger charge is 2.38. The molecule has 0 atom stereocenters. The maximum absolute atomic E-state index is 12.1. The first-order chi connectivity index (χ1) is 14.3. The van der Waals surface area contributed by atoms with Crippen LogP contribution in [0.25, 0.3) is 10.6 Å². The van der Waals surface area contributed by atoms with Crippen molar-refractivity contribution in [3.63, 3.8) is 0 Å². The van der Waals surface area contributed by atoms with Crippen LogP contribution in [0.2, 0.25) is 0 Å². The summed E-state index contributed by atoms with van der Waals surface area (Å²) in [5.74, 6) is -2.89. The summed E-state index contributed by atoms with van der Waals surface area (Å²) in [5.41, 5.74) is 2.59. The highest BCUT2D eigenvalue weighted by Crippen LogP contribution is 2.22. The number of hydrogen-bond donors (Lipinski definition) is 3. The molecule has 3 rings (SSSR count). The zero-order chi connectivity index (χ0) is 22.0. The Labute approximate surface area is 174 Å². The number of carboxylic acid groups (broad SMARTS) is 1. The van der Waals surface area contributed by atoms with Gasteiger partial charge in [-0.2, -0.15) is 18.3 Å². The molecule has 1 amide bonds. The van der Waals surface area contributed by atoms with Gasteiger partial charge in [0, 0.05) is 18.9 Å². The molecule has 0 aromatic carbocycles. The number of aliphatic carboxylic acids is 1. The third-order valence-electron chi connectivity index (χ3n) is 3.77. The van der Waals surface area contributed by atoms with Crippen LogP contribution in [0.15, 0.2) is 48.1 Å². The van der Waals surface area contributed by atoms with Gasteiger partial charge in [-0.3, -0.25) is 14.9 Å². The molecule has 0 radical (unpaired) electrons. The summed E-state index contributed by atoms with van der Waals surface area (Å²) in [6.45, 7) is 0.658. The first-order valence-corrected chi connectivity index (χ1v) is 9.72. The fourth-order valence-electron chi connectivity index (χ4n) is 2.29. The molecule has 0 spiro atoms. The zero-order valence-electron chi connectivity index (χ0n) is 15.6. The van der Waals surface area contributed by atoms with Crippen molar-refractivity contribution in [3.8, 4) is 10.6 Å². The molecule has 0 saturated heterocycles. The van der Waals surface area contributed by atoms with Crippen molar-refractivity contribution in [1.82, 2.24) is 20.5 Å². The molecular formula is C19H19F3N4O3S. The minimum absolute atomic E-state index is 0.132. The number of rotatable bonds is 7. The molecule has 30 heavy (non-hydrogen) atoms. The minimum atomic E-state index is -5.08. The lowest BCUT2D eigenvalue weighted by atomic mass is 10.1. The number of unbranched alkanes of at least 4 members (excludes halogenated alkanes) is 1. The number of hydrogen-bond acceptors (Lipinski definition) is 5. The van der Waals surface area contributed by atoms with Gasteiger partial charge in [0.1, 0.15) is 0 Å². The van der Waals surface area contributed by atoms with Crippen LogP contribution in [0.4, 0.5) is 13.2 Å². The lowest BCUT2D eigenvalue weighted by Crippen LogP contribution is -2.24. The Morgan fingerprint density at radius 1 is 1.17 bits per heavy atom. The summed E-state index contributed by atoms with van der Waals surface area (Å²) in [7, 11) is 0. The zero-order valence-corrected chi connectivity index (χ0v) is 16.5. The second kappa shape index (κ2) is 11.1. The molecule has 0 unspecified atom stereocenters. The molecule has 3 aromatic rings. The topological polar surface area (TPSA) is 108 Å². The number of carboxylic acids is 1. The highest BCUT2D eigenvalue weighted by molar-refractivity contribution is 7.13. The van der Waals surface area contributed by atoms with E-state index in [9.17, 15) is 18.0 Å². The van der Waals surface area contributed by atoms with Gasteiger partial charge in [-0.15, -0.1) is 11.3 Å². The SMILES string of the molecule is O=C(NCCCCc1ccncc1)c1cc(-c2cccs2)[nH]n1.O=C(O)C(F)(F)F. The molecule has 11 heteroatoms. The third kappa shape index (κ3) is 7.66. The third-order valence-corrected chi connectivity index (χ3v) is 4.67. The second-order valence-corrected chi connectivity index (χ2v) is 6.96. The summed E-state index contributed by atoms with van der Waals surface area (Å²) in [6, 6.07) is 9.81. The Morgan fingerprint density at radius 2 is 1.87 bits per heavy atom. The van der Waals surface area contributed by atoms with E-state index in [1.54, 1.807) is 29.8 Å². The van der Waals surface area contributed by atoms with E-state index < -0.39 is 12.1 Å². The number of nitrogens with one attached hydrogen (secondary N) is 2. The van der Waals surface area contributed by atoms with Crippen LogP contribution in [-0.2, 0) is 11.2 Å².